The summed E-state index contributed by atoms with van der Waals surface area (Å²) in [6.07, 6.45) is 1.95. The smallest absolute Gasteiger partial charge is 0.254 e. The summed E-state index contributed by atoms with van der Waals surface area (Å²) in [6.45, 7) is 0.430. The molecule has 1 N–H and O–H groups in total. The maximum absolute atomic E-state index is 12.6. The van der Waals surface area contributed by atoms with Crippen LogP contribution in [0.5, 0.6) is 5.75 Å². The van der Waals surface area contributed by atoms with Crippen molar-refractivity contribution in [2.75, 3.05) is 25.2 Å². The molecule has 3 rings (SSSR count). The number of carbonyl (C=O) groups is 2. The summed E-state index contributed by atoms with van der Waals surface area (Å²) in [5.74, 6) is 0.220. The third-order valence-corrected chi connectivity index (χ3v) is 5.25. The molecule has 0 aliphatic rings. The zero-order chi connectivity index (χ0) is 21.3. The molecule has 0 aliphatic heterocycles. The van der Waals surface area contributed by atoms with Gasteiger partial charge < -0.3 is 15.0 Å². The first-order chi connectivity index (χ1) is 14.6. The highest BCUT2D eigenvalue weighted by atomic mass is 32.2. The van der Waals surface area contributed by atoms with Crippen molar-refractivity contribution < 1.29 is 14.3 Å². The molecule has 5 nitrogen and oxygen atoms in total. The molecular weight excluding hydrogens is 396 g/mol. The van der Waals surface area contributed by atoms with Crippen molar-refractivity contribution in [1.29, 1.82) is 0 Å². The number of benzene rings is 3. The number of ether oxygens (including phenoxy) is 1. The monoisotopic (exact) mass is 420 g/mol. The quantitative estimate of drug-likeness (QED) is 0.537. The second kappa shape index (κ2) is 10.5. The first-order valence-electron chi connectivity index (χ1n) is 9.52. The van der Waals surface area contributed by atoms with E-state index in [2.05, 4.69) is 5.32 Å². The molecule has 0 saturated heterocycles. The van der Waals surface area contributed by atoms with E-state index in [1.54, 1.807) is 43.1 Å². The van der Waals surface area contributed by atoms with Crippen LogP contribution in [0.1, 0.15) is 15.9 Å². The Balaban J connectivity index is 1.54. The number of thioether (sulfide) groups is 1. The number of amides is 2. The minimum atomic E-state index is -0.241. The molecule has 0 saturated carbocycles. The fraction of sp³-hybridized carbons (Fsp3) is 0.167. The van der Waals surface area contributed by atoms with Gasteiger partial charge in [0.2, 0.25) is 5.91 Å². The molecule has 30 heavy (non-hydrogen) atoms. The van der Waals surface area contributed by atoms with E-state index < -0.39 is 0 Å². The largest absolute Gasteiger partial charge is 0.489 e. The zero-order valence-electron chi connectivity index (χ0n) is 17.0. The Labute approximate surface area is 181 Å². The van der Waals surface area contributed by atoms with Gasteiger partial charge in [-0.1, -0.05) is 42.5 Å². The molecule has 3 aromatic rings. The van der Waals surface area contributed by atoms with Crippen LogP contribution < -0.4 is 10.1 Å². The van der Waals surface area contributed by atoms with Crippen LogP contribution in [0.2, 0.25) is 0 Å². The van der Waals surface area contributed by atoms with Crippen LogP contribution in [0.25, 0.3) is 0 Å². The summed E-state index contributed by atoms with van der Waals surface area (Å²) in [5.41, 5.74) is 2.32. The summed E-state index contributed by atoms with van der Waals surface area (Å²) >= 11 is 1.56. The van der Waals surface area contributed by atoms with Gasteiger partial charge in [-0.2, -0.15) is 0 Å². The van der Waals surface area contributed by atoms with E-state index in [-0.39, 0.29) is 18.4 Å². The van der Waals surface area contributed by atoms with E-state index >= 15 is 0 Å². The second-order valence-electron chi connectivity index (χ2n) is 6.71. The van der Waals surface area contributed by atoms with E-state index in [9.17, 15) is 9.59 Å². The number of nitrogens with zero attached hydrogens (tertiary/aromatic N) is 1. The lowest BCUT2D eigenvalue weighted by atomic mass is 10.2. The van der Waals surface area contributed by atoms with Gasteiger partial charge in [0.15, 0.2) is 0 Å². The van der Waals surface area contributed by atoms with Gasteiger partial charge in [-0.3, -0.25) is 9.59 Å². The molecule has 2 amide bonds. The third-order valence-electron chi connectivity index (χ3n) is 4.46. The molecule has 0 fully saturated rings. The molecule has 6 heteroatoms. The van der Waals surface area contributed by atoms with Crippen LogP contribution in [0.3, 0.4) is 0 Å². The lowest BCUT2D eigenvalue weighted by Gasteiger charge is -2.18. The highest BCUT2D eigenvalue weighted by Gasteiger charge is 2.16. The number of hydrogen-bond donors (Lipinski definition) is 1. The van der Waals surface area contributed by atoms with E-state index in [0.29, 0.717) is 17.9 Å². The van der Waals surface area contributed by atoms with Crippen molar-refractivity contribution in [3.63, 3.8) is 0 Å². The Morgan fingerprint density at radius 3 is 2.30 bits per heavy atom. The van der Waals surface area contributed by atoms with Crippen LogP contribution in [-0.2, 0) is 11.4 Å². The molecule has 0 spiro atoms. The van der Waals surface area contributed by atoms with Crippen LogP contribution in [0, 0.1) is 0 Å². The third kappa shape index (κ3) is 5.87. The standard InChI is InChI=1S/C24H24N2O3S/c1-26(16-23(27)25-21-10-6-7-11-22(21)30-2)24(28)19-12-14-20(15-13-19)29-17-18-8-4-3-5-9-18/h3-15H,16-17H2,1-2H3,(H,25,27). The van der Waals surface area contributed by atoms with Gasteiger partial charge in [0.25, 0.3) is 5.91 Å². The Kier molecular flexibility index (Phi) is 7.51. The molecular formula is C24H24N2O3S. The van der Waals surface area contributed by atoms with Gasteiger partial charge in [-0.25, -0.2) is 0 Å². The average Bonchev–Trinajstić information content (AvgIpc) is 2.78. The number of carbonyl (C=O) groups excluding carboxylic acids is 2. The van der Waals surface area contributed by atoms with Crippen molar-refractivity contribution in [3.05, 3.63) is 90.0 Å². The maximum Gasteiger partial charge on any atom is 0.254 e. The first kappa shape index (κ1) is 21.5. The predicted molar refractivity (Wildman–Crippen MR) is 121 cm³/mol. The highest BCUT2D eigenvalue weighted by molar-refractivity contribution is 7.98. The summed E-state index contributed by atoms with van der Waals surface area (Å²) in [6, 6.07) is 24.4. The van der Waals surface area contributed by atoms with Gasteiger partial charge in [-0.05, 0) is 48.2 Å². The lowest BCUT2D eigenvalue weighted by molar-refractivity contribution is -0.116. The van der Waals surface area contributed by atoms with Gasteiger partial charge in [0, 0.05) is 17.5 Å². The number of para-hydroxylation sites is 1. The van der Waals surface area contributed by atoms with Gasteiger partial charge in [0.05, 0.1) is 12.2 Å². The predicted octanol–water partition coefficient (Wildman–Crippen LogP) is 4.70. The maximum atomic E-state index is 12.6. The Morgan fingerprint density at radius 2 is 1.60 bits per heavy atom. The highest BCUT2D eigenvalue weighted by Crippen LogP contribution is 2.24. The fourth-order valence-electron chi connectivity index (χ4n) is 2.88. The number of rotatable bonds is 8. The molecule has 0 unspecified atom stereocenters. The van der Waals surface area contributed by atoms with Crippen molar-refractivity contribution in [3.8, 4) is 5.75 Å². The van der Waals surface area contributed by atoms with Crippen molar-refractivity contribution in [2.45, 2.75) is 11.5 Å². The summed E-state index contributed by atoms with van der Waals surface area (Å²) in [5, 5.41) is 2.87. The summed E-state index contributed by atoms with van der Waals surface area (Å²) in [4.78, 5) is 27.4. The van der Waals surface area contributed by atoms with Crippen LogP contribution >= 0.6 is 11.8 Å². The first-order valence-corrected chi connectivity index (χ1v) is 10.7. The van der Waals surface area contributed by atoms with Crippen LogP contribution in [-0.4, -0.2) is 36.6 Å². The molecule has 0 heterocycles. The summed E-state index contributed by atoms with van der Waals surface area (Å²) < 4.78 is 5.75. The zero-order valence-corrected chi connectivity index (χ0v) is 17.8. The van der Waals surface area contributed by atoms with E-state index in [1.807, 2.05) is 60.9 Å². The van der Waals surface area contributed by atoms with Gasteiger partial charge in [0.1, 0.15) is 12.4 Å². The molecule has 0 aromatic heterocycles. The molecule has 154 valence electrons. The molecule has 3 aromatic carbocycles. The number of hydrogen-bond acceptors (Lipinski definition) is 4. The molecule has 0 aliphatic carbocycles. The van der Waals surface area contributed by atoms with Crippen molar-refractivity contribution in [1.82, 2.24) is 4.90 Å². The van der Waals surface area contributed by atoms with Crippen LogP contribution in [0.15, 0.2) is 83.8 Å². The SMILES string of the molecule is CSc1ccccc1NC(=O)CN(C)C(=O)c1ccc(OCc2ccccc2)cc1. The minimum Gasteiger partial charge on any atom is -0.489 e. The van der Waals surface area contributed by atoms with Gasteiger partial charge >= 0.3 is 0 Å². The fourth-order valence-corrected chi connectivity index (χ4v) is 3.43. The number of anilines is 1. The summed E-state index contributed by atoms with van der Waals surface area (Å²) in [7, 11) is 1.61. The van der Waals surface area contributed by atoms with Crippen molar-refractivity contribution >= 4 is 29.3 Å². The van der Waals surface area contributed by atoms with E-state index in [1.165, 1.54) is 4.90 Å². The normalized spacial score (nSPS) is 10.3. The Bertz CT molecular complexity index is 991. The molecule has 0 radical (unpaired) electrons. The molecule has 0 bridgehead atoms. The lowest BCUT2D eigenvalue weighted by Crippen LogP contribution is -2.35. The molecule has 0 atom stereocenters. The Morgan fingerprint density at radius 1 is 0.933 bits per heavy atom. The second-order valence-corrected chi connectivity index (χ2v) is 7.56. The van der Waals surface area contributed by atoms with E-state index in [4.69, 9.17) is 4.74 Å². The average molecular weight is 421 g/mol. The topological polar surface area (TPSA) is 58.6 Å². The number of nitrogens with one attached hydrogen (secondary N) is 1. The number of likely N-dealkylation sites (N-methyl/N-ethyl adjacent to an activating group) is 1. The van der Waals surface area contributed by atoms with Crippen molar-refractivity contribution in [2.24, 2.45) is 0 Å². The Hall–Kier alpha value is -3.25. The van der Waals surface area contributed by atoms with Gasteiger partial charge in [-0.15, -0.1) is 11.8 Å². The van der Waals surface area contributed by atoms with E-state index in [0.717, 1.165) is 16.1 Å². The van der Waals surface area contributed by atoms with Crippen LogP contribution in [0.4, 0.5) is 5.69 Å². The minimum absolute atomic E-state index is 0.0339.